The van der Waals surface area contributed by atoms with Crippen molar-refractivity contribution in [3.8, 4) is 0 Å². The number of hydrogen-bond donors (Lipinski definition) is 3. The minimum Gasteiger partial charge on any atom is -0.479 e. The lowest BCUT2D eigenvalue weighted by Crippen LogP contribution is -2.57. The van der Waals surface area contributed by atoms with E-state index >= 15 is 0 Å². The SMILES string of the molecule is O=C(CN1CCCNCC1)NC1(C(=O)O)CCOC1. The smallest absolute Gasteiger partial charge is 0.331 e. The van der Waals surface area contributed by atoms with Crippen LogP contribution in [0.25, 0.3) is 0 Å². The third-order valence-electron chi connectivity index (χ3n) is 3.61. The third kappa shape index (κ3) is 3.65. The predicted molar refractivity (Wildman–Crippen MR) is 67.9 cm³/mol. The van der Waals surface area contributed by atoms with Crippen molar-refractivity contribution in [1.29, 1.82) is 0 Å². The summed E-state index contributed by atoms with van der Waals surface area (Å²) in [7, 11) is 0. The molecular formula is C12H21N3O4. The second kappa shape index (κ2) is 6.31. The van der Waals surface area contributed by atoms with Gasteiger partial charge >= 0.3 is 5.97 Å². The van der Waals surface area contributed by atoms with Crippen LogP contribution in [0.2, 0.25) is 0 Å². The molecule has 7 heteroatoms. The molecule has 0 aromatic rings. The lowest BCUT2D eigenvalue weighted by atomic mass is 9.99. The number of carboxylic acids is 1. The molecule has 1 amide bonds. The van der Waals surface area contributed by atoms with E-state index < -0.39 is 11.5 Å². The van der Waals surface area contributed by atoms with Crippen LogP contribution in [0.4, 0.5) is 0 Å². The molecule has 0 bridgehead atoms. The van der Waals surface area contributed by atoms with E-state index in [1.807, 2.05) is 4.90 Å². The molecule has 0 radical (unpaired) electrons. The van der Waals surface area contributed by atoms with Gasteiger partial charge in [-0.3, -0.25) is 9.69 Å². The Kier molecular flexibility index (Phi) is 4.73. The van der Waals surface area contributed by atoms with E-state index in [0.717, 1.165) is 32.6 Å². The van der Waals surface area contributed by atoms with Gasteiger partial charge in [0.05, 0.1) is 13.2 Å². The molecule has 2 aliphatic rings. The van der Waals surface area contributed by atoms with Crippen LogP contribution in [0.5, 0.6) is 0 Å². The molecule has 2 aliphatic heterocycles. The number of carbonyl (C=O) groups excluding carboxylic acids is 1. The zero-order valence-corrected chi connectivity index (χ0v) is 11.0. The summed E-state index contributed by atoms with van der Waals surface area (Å²) < 4.78 is 5.11. The fourth-order valence-corrected chi connectivity index (χ4v) is 2.45. The lowest BCUT2D eigenvalue weighted by molar-refractivity contribution is -0.147. The summed E-state index contributed by atoms with van der Waals surface area (Å²) >= 11 is 0. The lowest BCUT2D eigenvalue weighted by Gasteiger charge is -2.26. The highest BCUT2D eigenvalue weighted by molar-refractivity contribution is 5.88. The number of aliphatic carboxylic acids is 1. The summed E-state index contributed by atoms with van der Waals surface area (Å²) in [5.41, 5.74) is -1.23. The number of ether oxygens (including phenoxy) is 1. The highest BCUT2D eigenvalue weighted by atomic mass is 16.5. The number of nitrogens with zero attached hydrogens (tertiary/aromatic N) is 1. The fraction of sp³-hybridized carbons (Fsp3) is 0.833. The van der Waals surface area contributed by atoms with Crippen molar-refractivity contribution in [2.75, 3.05) is 45.9 Å². The molecule has 1 atom stereocenters. The number of carbonyl (C=O) groups is 2. The van der Waals surface area contributed by atoms with E-state index in [4.69, 9.17) is 4.74 Å². The van der Waals surface area contributed by atoms with Crippen molar-refractivity contribution in [2.45, 2.75) is 18.4 Å². The van der Waals surface area contributed by atoms with Crippen LogP contribution in [-0.2, 0) is 14.3 Å². The first-order chi connectivity index (χ1) is 9.12. The molecule has 3 N–H and O–H groups in total. The van der Waals surface area contributed by atoms with Gasteiger partial charge in [0.1, 0.15) is 0 Å². The molecule has 0 spiro atoms. The molecule has 2 rings (SSSR count). The van der Waals surface area contributed by atoms with Gasteiger partial charge in [-0.2, -0.15) is 0 Å². The Bertz CT molecular complexity index is 334. The van der Waals surface area contributed by atoms with Crippen LogP contribution in [0.1, 0.15) is 12.8 Å². The van der Waals surface area contributed by atoms with Crippen LogP contribution in [0, 0.1) is 0 Å². The second-order valence-electron chi connectivity index (χ2n) is 5.12. The first-order valence-electron chi connectivity index (χ1n) is 6.68. The average molecular weight is 271 g/mol. The van der Waals surface area contributed by atoms with Gasteiger partial charge in [-0.25, -0.2) is 4.79 Å². The summed E-state index contributed by atoms with van der Waals surface area (Å²) in [5.74, 6) is -1.26. The number of carboxylic acid groups (broad SMARTS) is 1. The monoisotopic (exact) mass is 271 g/mol. The van der Waals surface area contributed by atoms with E-state index in [9.17, 15) is 14.7 Å². The largest absolute Gasteiger partial charge is 0.479 e. The Hall–Kier alpha value is -1.18. The van der Waals surface area contributed by atoms with Gasteiger partial charge in [-0.1, -0.05) is 0 Å². The topological polar surface area (TPSA) is 90.9 Å². The summed E-state index contributed by atoms with van der Waals surface area (Å²) in [6, 6.07) is 0. The van der Waals surface area contributed by atoms with Gasteiger partial charge in [0.15, 0.2) is 5.54 Å². The molecule has 2 saturated heterocycles. The highest BCUT2D eigenvalue weighted by Crippen LogP contribution is 2.18. The van der Waals surface area contributed by atoms with Gasteiger partial charge in [0.2, 0.25) is 5.91 Å². The number of amides is 1. The van der Waals surface area contributed by atoms with Crippen LogP contribution in [0.3, 0.4) is 0 Å². The molecule has 0 aliphatic carbocycles. The molecule has 0 aromatic carbocycles. The summed E-state index contributed by atoms with van der Waals surface area (Å²) in [6.07, 6.45) is 1.33. The van der Waals surface area contributed by atoms with E-state index in [-0.39, 0.29) is 19.1 Å². The fourth-order valence-electron chi connectivity index (χ4n) is 2.45. The van der Waals surface area contributed by atoms with E-state index in [1.165, 1.54) is 0 Å². The first kappa shape index (κ1) is 14.2. The van der Waals surface area contributed by atoms with Gasteiger partial charge < -0.3 is 20.5 Å². The summed E-state index contributed by atoms with van der Waals surface area (Å²) in [5, 5.41) is 15.1. The van der Waals surface area contributed by atoms with Gasteiger partial charge in [-0.05, 0) is 19.5 Å². The van der Waals surface area contributed by atoms with Crippen molar-refractivity contribution < 1.29 is 19.4 Å². The van der Waals surface area contributed by atoms with Crippen molar-refractivity contribution in [3.63, 3.8) is 0 Å². The molecule has 7 nitrogen and oxygen atoms in total. The van der Waals surface area contributed by atoms with Crippen molar-refractivity contribution in [1.82, 2.24) is 15.5 Å². The molecule has 0 aromatic heterocycles. The predicted octanol–water partition coefficient (Wildman–Crippen LogP) is -1.36. The molecule has 1 unspecified atom stereocenters. The number of hydrogen-bond acceptors (Lipinski definition) is 5. The van der Waals surface area contributed by atoms with E-state index in [0.29, 0.717) is 13.0 Å². The van der Waals surface area contributed by atoms with Crippen molar-refractivity contribution >= 4 is 11.9 Å². The maximum Gasteiger partial charge on any atom is 0.331 e. The van der Waals surface area contributed by atoms with Crippen molar-refractivity contribution in [2.24, 2.45) is 0 Å². The van der Waals surface area contributed by atoms with Gasteiger partial charge in [-0.15, -0.1) is 0 Å². The maximum absolute atomic E-state index is 12.0. The summed E-state index contributed by atoms with van der Waals surface area (Å²) in [4.78, 5) is 25.3. The minimum atomic E-state index is -1.23. The standard InChI is InChI=1S/C12H21N3O4/c16-10(8-15-5-1-3-13-4-6-15)14-12(11(17)18)2-7-19-9-12/h13H,1-9H2,(H,14,16)(H,17,18). The highest BCUT2D eigenvalue weighted by Gasteiger charge is 2.43. The average Bonchev–Trinajstić information content (AvgIpc) is 2.68. The Morgan fingerprint density at radius 1 is 1.37 bits per heavy atom. The second-order valence-corrected chi connectivity index (χ2v) is 5.12. The Balaban J connectivity index is 1.87. The van der Waals surface area contributed by atoms with Crippen LogP contribution in [0.15, 0.2) is 0 Å². The van der Waals surface area contributed by atoms with Crippen molar-refractivity contribution in [3.05, 3.63) is 0 Å². The van der Waals surface area contributed by atoms with E-state index in [2.05, 4.69) is 10.6 Å². The quantitative estimate of drug-likeness (QED) is 0.585. The molecule has 19 heavy (non-hydrogen) atoms. The molecule has 2 fully saturated rings. The zero-order chi connectivity index (χ0) is 13.7. The van der Waals surface area contributed by atoms with Crippen LogP contribution >= 0.6 is 0 Å². The van der Waals surface area contributed by atoms with Crippen LogP contribution < -0.4 is 10.6 Å². The Morgan fingerprint density at radius 3 is 2.89 bits per heavy atom. The Morgan fingerprint density at radius 2 is 2.21 bits per heavy atom. The molecular weight excluding hydrogens is 250 g/mol. The number of rotatable bonds is 4. The first-order valence-corrected chi connectivity index (χ1v) is 6.68. The van der Waals surface area contributed by atoms with Crippen LogP contribution in [-0.4, -0.2) is 73.4 Å². The summed E-state index contributed by atoms with van der Waals surface area (Å²) in [6.45, 7) is 4.17. The zero-order valence-electron chi connectivity index (χ0n) is 11.0. The molecule has 0 saturated carbocycles. The number of nitrogens with one attached hydrogen (secondary N) is 2. The normalized spacial score (nSPS) is 28.8. The minimum absolute atomic E-state index is 0.0512. The molecule has 2 heterocycles. The van der Waals surface area contributed by atoms with Gasteiger partial charge in [0, 0.05) is 26.1 Å². The van der Waals surface area contributed by atoms with E-state index in [1.54, 1.807) is 0 Å². The Labute approximate surface area is 112 Å². The molecule has 108 valence electrons. The maximum atomic E-state index is 12.0. The third-order valence-corrected chi connectivity index (χ3v) is 3.61. The van der Waals surface area contributed by atoms with Gasteiger partial charge in [0.25, 0.3) is 0 Å².